The Morgan fingerprint density at radius 1 is 0.795 bits per heavy atom. The van der Waals surface area contributed by atoms with Crippen molar-refractivity contribution in [3.8, 4) is 23.4 Å². The van der Waals surface area contributed by atoms with Crippen molar-refractivity contribution in [2.24, 2.45) is 0 Å². The maximum absolute atomic E-state index is 13.4. The van der Waals surface area contributed by atoms with Crippen molar-refractivity contribution in [1.82, 2.24) is 24.2 Å². The summed E-state index contributed by atoms with van der Waals surface area (Å²) in [6.07, 6.45) is -2.64. The Hall–Kier alpha value is -8.54. The second kappa shape index (κ2) is 27.7. The number of methoxy groups -OCH3 is 2. The Morgan fingerprint density at radius 2 is 1.41 bits per heavy atom. The highest BCUT2D eigenvalue weighted by atomic mass is 31.2. The first-order valence-electron chi connectivity index (χ1n) is 29.2. The van der Waals surface area contributed by atoms with E-state index in [4.69, 9.17) is 61.9 Å². The topological polar surface area (TPSA) is 226 Å². The number of imidazole rings is 1. The second-order valence-corrected chi connectivity index (χ2v) is 23.3. The van der Waals surface area contributed by atoms with Crippen LogP contribution in [0.2, 0.25) is 0 Å². The Balaban J connectivity index is 1.12. The summed E-state index contributed by atoms with van der Waals surface area (Å²) in [5.74, 6) is -0.620. The van der Waals surface area contributed by atoms with E-state index in [1.54, 1.807) is 31.2 Å². The summed E-state index contributed by atoms with van der Waals surface area (Å²) in [5, 5.41) is 16.6. The van der Waals surface area contributed by atoms with E-state index in [-0.39, 0.29) is 67.7 Å². The zero-order chi connectivity index (χ0) is 62.2. The lowest BCUT2D eigenvalue weighted by Crippen LogP contribution is -2.50. The van der Waals surface area contributed by atoms with Crippen LogP contribution in [0.25, 0.3) is 32.7 Å². The number of nitrogens with one attached hydrogen (secondary N) is 1. The number of ether oxygens (including phenoxy) is 8. The monoisotopic (exact) mass is 1210 g/mol. The molecule has 1 saturated heterocycles. The van der Waals surface area contributed by atoms with Gasteiger partial charge in [-0.1, -0.05) is 116 Å². The van der Waals surface area contributed by atoms with Crippen LogP contribution in [0.1, 0.15) is 107 Å². The average molecular weight is 1210 g/mol. The summed E-state index contributed by atoms with van der Waals surface area (Å²) in [7, 11) is 1.44. The smallest absolute Gasteiger partial charge is 0.303 e. The highest BCUT2D eigenvalue weighted by Gasteiger charge is 2.51. The minimum Gasteiger partial charge on any atom is -0.497 e. The van der Waals surface area contributed by atoms with E-state index in [0.29, 0.717) is 22.6 Å². The molecule has 6 aromatic carbocycles. The fraction of sp³-hybridized carbons (Fsp3) is 0.358. The highest BCUT2D eigenvalue weighted by Crippen LogP contribution is 2.52. The van der Waals surface area contributed by atoms with Gasteiger partial charge in [0.1, 0.15) is 36.0 Å². The molecule has 8 aromatic rings. The Morgan fingerprint density at radius 3 is 2.03 bits per heavy atom. The molecule has 10 rings (SSSR count). The van der Waals surface area contributed by atoms with E-state index in [1.165, 1.54) is 20.8 Å². The zero-order valence-electron chi connectivity index (χ0n) is 50.7. The van der Waals surface area contributed by atoms with E-state index in [1.807, 2.05) is 127 Å². The van der Waals surface area contributed by atoms with Gasteiger partial charge in [-0.15, -0.1) is 0 Å². The quantitative estimate of drug-likeness (QED) is 0.0107. The summed E-state index contributed by atoms with van der Waals surface area (Å²) >= 11 is 0. The number of esters is 3. The van der Waals surface area contributed by atoms with Crippen molar-refractivity contribution in [2.45, 2.75) is 122 Å². The largest absolute Gasteiger partial charge is 0.497 e. The molecule has 2 aromatic heterocycles. The molecule has 0 spiro atoms. The number of carbonyl (C=O) groups excluding carboxylic acids is 3. The summed E-state index contributed by atoms with van der Waals surface area (Å²) < 4.78 is 68.4. The first-order chi connectivity index (χ1) is 42.6. The SMILES string of the molecule is C=CCOc1nc(N[C@@H]2c3c(ccc4ccc5ccccc5c34)[C@@H](OC(C)=O)[C@H](OC(C)=O)[C@H]2OC(C)=O)nc2c1ncn2[C@H]1C[C@H](OP(OCCC#N)N(C(C)C)C(C)C)[C@@H](COC(c2ccccc2)(c2ccc(OC)cc2)c2ccc(OC)cc2)O1. The van der Waals surface area contributed by atoms with E-state index < -0.39 is 74.8 Å². The zero-order valence-corrected chi connectivity index (χ0v) is 51.5. The fourth-order valence-corrected chi connectivity index (χ4v) is 13.7. The van der Waals surface area contributed by atoms with Gasteiger partial charge in [0.25, 0.3) is 8.53 Å². The number of hydrogen-bond acceptors (Lipinski definition) is 19. The van der Waals surface area contributed by atoms with Crippen LogP contribution in [-0.4, -0.2) is 113 Å². The predicted molar refractivity (Wildman–Crippen MR) is 331 cm³/mol. The minimum atomic E-state index is -1.81. The molecular formula is C67H72N7O13P. The van der Waals surface area contributed by atoms with Gasteiger partial charge in [0.15, 0.2) is 29.5 Å². The molecule has 458 valence electrons. The molecule has 2 aliphatic rings. The van der Waals surface area contributed by atoms with Gasteiger partial charge in [0, 0.05) is 44.8 Å². The van der Waals surface area contributed by atoms with Gasteiger partial charge < -0.3 is 52.3 Å². The molecule has 3 heterocycles. The molecule has 1 unspecified atom stereocenters. The van der Waals surface area contributed by atoms with Gasteiger partial charge in [0.2, 0.25) is 11.8 Å². The molecule has 0 bridgehead atoms. The van der Waals surface area contributed by atoms with Gasteiger partial charge in [-0.2, -0.15) is 15.2 Å². The minimum absolute atomic E-state index is 0.00222. The molecule has 8 atom stereocenters. The van der Waals surface area contributed by atoms with Crippen LogP contribution in [0.15, 0.2) is 146 Å². The summed E-state index contributed by atoms with van der Waals surface area (Å²) in [5.41, 5.74) is 2.89. The molecule has 1 N–H and O–H groups in total. The molecule has 1 fully saturated rings. The second-order valence-electron chi connectivity index (χ2n) is 21.9. The lowest BCUT2D eigenvalue weighted by molar-refractivity contribution is -0.187. The molecule has 0 radical (unpaired) electrons. The van der Waals surface area contributed by atoms with E-state index in [0.717, 1.165) is 38.2 Å². The third kappa shape index (κ3) is 13.0. The Bertz CT molecular complexity index is 3770. The van der Waals surface area contributed by atoms with Gasteiger partial charge in [0.05, 0.1) is 58.4 Å². The first-order valence-corrected chi connectivity index (χ1v) is 30.3. The number of benzene rings is 6. The maximum atomic E-state index is 13.4. The molecule has 21 heteroatoms. The highest BCUT2D eigenvalue weighted by molar-refractivity contribution is 7.44. The number of nitrogens with zero attached hydrogens (tertiary/aromatic N) is 6. The van der Waals surface area contributed by atoms with Crippen molar-refractivity contribution in [2.75, 3.05) is 39.4 Å². The predicted octanol–water partition coefficient (Wildman–Crippen LogP) is 12.3. The van der Waals surface area contributed by atoms with Crippen molar-refractivity contribution >= 4 is 65.1 Å². The standard InChI is InChI=1S/C67H72N7O13P/c1-11-35-80-65-60-64(71-66(72-65)70-59-58-53(33-24-46-23-22-45-18-15-16-21-52(45)57(46)58)61(83-42(6)75)63(85-44(8)77)62(59)84-43(7)76)73(39-69-60)56-37-54(87-88(82-36-17-34-68)74(40(2)3)41(4)5)55(86-56)38-81-67(47-19-13-12-14-20-47,48-25-29-50(78-9)30-26-48)49-27-31-51(79-10)32-28-49/h11-16,18-33,39-41,54-56,59,61-63H,1,17,35-38H2,2-10H3,(H,70,71,72)/t54-,55+,56+,59+,61+,62-,63-,88?/m0/s1. The van der Waals surface area contributed by atoms with E-state index in [2.05, 4.69) is 50.3 Å². The number of fused-ring (bicyclic) bond motifs is 6. The summed E-state index contributed by atoms with van der Waals surface area (Å²) in [6, 6.07) is 42.2. The Labute approximate surface area is 512 Å². The van der Waals surface area contributed by atoms with Crippen molar-refractivity contribution in [3.05, 3.63) is 174 Å². The summed E-state index contributed by atoms with van der Waals surface area (Å²) in [4.78, 5) is 54.5. The van der Waals surface area contributed by atoms with Crippen LogP contribution in [0.5, 0.6) is 17.4 Å². The van der Waals surface area contributed by atoms with Crippen LogP contribution in [0.4, 0.5) is 5.95 Å². The fourth-order valence-electron chi connectivity index (χ4n) is 11.9. The number of nitriles is 1. The van der Waals surface area contributed by atoms with Crippen LogP contribution in [0.3, 0.4) is 0 Å². The van der Waals surface area contributed by atoms with Gasteiger partial charge in [-0.3, -0.25) is 19.0 Å². The normalized spacial score (nSPS) is 19.5. The van der Waals surface area contributed by atoms with E-state index >= 15 is 0 Å². The van der Waals surface area contributed by atoms with Crippen molar-refractivity contribution in [3.63, 3.8) is 0 Å². The molecular weight excluding hydrogens is 1140 g/mol. The number of carbonyl (C=O) groups is 3. The average Bonchev–Trinajstić information content (AvgIpc) is 1.02. The van der Waals surface area contributed by atoms with E-state index in [9.17, 15) is 19.6 Å². The van der Waals surface area contributed by atoms with Crippen LogP contribution < -0.4 is 19.5 Å². The molecule has 0 amide bonds. The number of hydrogen-bond donors (Lipinski definition) is 1. The number of rotatable bonds is 25. The van der Waals surface area contributed by atoms with Crippen LogP contribution in [0, 0.1) is 11.3 Å². The molecule has 1 aliphatic carbocycles. The van der Waals surface area contributed by atoms with Crippen molar-refractivity contribution in [1.29, 1.82) is 5.26 Å². The van der Waals surface area contributed by atoms with Crippen molar-refractivity contribution < 1.29 is 61.3 Å². The maximum Gasteiger partial charge on any atom is 0.303 e. The molecule has 20 nitrogen and oxygen atoms in total. The van der Waals surface area contributed by atoms with Crippen LogP contribution in [-0.2, 0) is 52.7 Å². The van der Waals surface area contributed by atoms with Gasteiger partial charge in [-0.05, 0) is 95.8 Å². The van der Waals surface area contributed by atoms with Gasteiger partial charge in [-0.25, -0.2) is 9.65 Å². The lowest BCUT2D eigenvalue weighted by atomic mass is 9.77. The Kier molecular flexibility index (Phi) is 19.6. The third-order valence-corrected chi connectivity index (χ3v) is 17.6. The first kappa shape index (κ1) is 62.5. The summed E-state index contributed by atoms with van der Waals surface area (Å²) in [6.45, 7) is 16.1. The van der Waals surface area contributed by atoms with Crippen LogP contribution >= 0.6 is 8.53 Å². The lowest BCUT2D eigenvalue weighted by Gasteiger charge is -2.42. The van der Waals surface area contributed by atoms with Gasteiger partial charge >= 0.3 is 17.9 Å². The molecule has 0 saturated carbocycles. The number of aromatic nitrogens is 4. The molecule has 1 aliphatic heterocycles. The number of anilines is 1. The molecule has 88 heavy (non-hydrogen) atoms. The third-order valence-electron chi connectivity index (χ3n) is 15.5.